The van der Waals surface area contributed by atoms with Gasteiger partial charge in [-0.05, 0) is 25.2 Å². The van der Waals surface area contributed by atoms with Crippen LogP contribution in [0.15, 0.2) is 0 Å². The first-order valence-electron chi connectivity index (χ1n) is 4.64. The van der Waals surface area contributed by atoms with E-state index in [-0.39, 0.29) is 5.92 Å². The number of aromatic nitrogens is 2. The number of halogens is 3. The van der Waals surface area contributed by atoms with Gasteiger partial charge in [0.05, 0.1) is 0 Å². The second-order valence-corrected chi connectivity index (χ2v) is 3.76. The maximum Gasteiger partial charge on any atom is 0.435 e. The van der Waals surface area contributed by atoms with Gasteiger partial charge in [0.2, 0.25) is 0 Å². The second kappa shape index (κ2) is 3.00. The number of alkyl halides is 3. The van der Waals surface area contributed by atoms with E-state index < -0.39 is 11.9 Å². The van der Waals surface area contributed by atoms with Crippen molar-refractivity contribution in [3.05, 3.63) is 17.0 Å². The topological polar surface area (TPSA) is 28.7 Å². The van der Waals surface area contributed by atoms with Crippen LogP contribution < -0.4 is 0 Å². The van der Waals surface area contributed by atoms with Crippen molar-refractivity contribution in [1.82, 2.24) is 10.2 Å². The van der Waals surface area contributed by atoms with Crippen LogP contribution in [0.5, 0.6) is 0 Å². The first kappa shape index (κ1) is 9.55. The summed E-state index contributed by atoms with van der Waals surface area (Å²) in [5.74, 6) is 0.169. The Hall–Kier alpha value is -1.00. The third kappa shape index (κ3) is 1.40. The highest BCUT2D eigenvalue weighted by Crippen LogP contribution is 2.38. The molecule has 1 aliphatic rings. The van der Waals surface area contributed by atoms with E-state index in [1.807, 2.05) is 6.92 Å². The summed E-state index contributed by atoms with van der Waals surface area (Å²) in [5, 5.41) is 5.88. The Balaban J connectivity index is 2.46. The Labute approximate surface area is 79.5 Å². The monoisotopic (exact) mass is 204 g/mol. The molecule has 14 heavy (non-hydrogen) atoms. The standard InChI is InChI=1S/C9H11F3N2/c1-5-3-2-4-6-7(5)13-14-8(6)9(10,11)12/h5H,2-4H2,1H3,(H,13,14). The molecular weight excluding hydrogens is 193 g/mol. The molecule has 78 valence electrons. The summed E-state index contributed by atoms with van der Waals surface area (Å²) in [6.07, 6.45) is -2.07. The molecule has 2 rings (SSSR count). The van der Waals surface area contributed by atoms with E-state index in [2.05, 4.69) is 10.2 Å². The first-order chi connectivity index (χ1) is 6.50. The van der Waals surface area contributed by atoms with Gasteiger partial charge in [-0.2, -0.15) is 18.3 Å². The average molecular weight is 204 g/mol. The molecule has 0 fully saturated rings. The Morgan fingerprint density at radius 1 is 1.43 bits per heavy atom. The van der Waals surface area contributed by atoms with Crippen LogP contribution in [0.4, 0.5) is 13.2 Å². The molecule has 1 unspecified atom stereocenters. The number of hydrogen-bond donors (Lipinski definition) is 1. The molecule has 0 saturated carbocycles. The molecule has 5 heteroatoms. The molecule has 0 aliphatic heterocycles. The fourth-order valence-corrected chi connectivity index (χ4v) is 2.00. The van der Waals surface area contributed by atoms with Crippen LogP contribution in [-0.4, -0.2) is 10.2 Å². The van der Waals surface area contributed by atoms with Crippen LogP contribution in [0, 0.1) is 0 Å². The number of rotatable bonds is 0. The highest BCUT2D eigenvalue weighted by atomic mass is 19.4. The summed E-state index contributed by atoms with van der Waals surface area (Å²) in [7, 11) is 0. The minimum absolute atomic E-state index is 0.169. The van der Waals surface area contributed by atoms with Crippen molar-refractivity contribution in [2.75, 3.05) is 0 Å². The lowest BCUT2D eigenvalue weighted by molar-refractivity contribution is -0.141. The van der Waals surface area contributed by atoms with Crippen LogP contribution in [0.2, 0.25) is 0 Å². The molecule has 1 aromatic heterocycles. The summed E-state index contributed by atoms with van der Waals surface area (Å²) in [6, 6.07) is 0. The van der Waals surface area contributed by atoms with Gasteiger partial charge < -0.3 is 0 Å². The molecule has 2 nitrogen and oxygen atoms in total. The number of nitrogens with one attached hydrogen (secondary N) is 1. The molecular formula is C9H11F3N2. The van der Waals surface area contributed by atoms with Gasteiger partial charge in [-0.1, -0.05) is 6.92 Å². The fraction of sp³-hybridized carbons (Fsp3) is 0.667. The van der Waals surface area contributed by atoms with Crippen molar-refractivity contribution in [2.24, 2.45) is 0 Å². The van der Waals surface area contributed by atoms with E-state index in [0.717, 1.165) is 12.8 Å². The number of aromatic amines is 1. The minimum atomic E-state index is -4.32. The van der Waals surface area contributed by atoms with Crippen LogP contribution in [-0.2, 0) is 12.6 Å². The number of fused-ring (bicyclic) bond motifs is 1. The largest absolute Gasteiger partial charge is 0.435 e. The zero-order chi connectivity index (χ0) is 10.3. The van der Waals surface area contributed by atoms with Gasteiger partial charge in [-0.3, -0.25) is 5.10 Å². The number of H-pyrrole nitrogens is 1. The van der Waals surface area contributed by atoms with Crippen molar-refractivity contribution in [2.45, 2.75) is 38.3 Å². The lowest BCUT2D eigenvalue weighted by Gasteiger charge is -2.18. The van der Waals surface area contributed by atoms with Gasteiger partial charge in [0.15, 0.2) is 5.69 Å². The van der Waals surface area contributed by atoms with E-state index in [9.17, 15) is 13.2 Å². The van der Waals surface area contributed by atoms with Crippen LogP contribution in [0.1, 0.15) is 42.6 Å². The average Bonchev–Trinajstić information content (AvgIpc) is 2.47. The molecule has 0 aromatic carbocycles. The fourth-order valence-electron chi connectivity index (χ4n) is 2.00. The van der Waals surface area contributed by atoms with Gasteiger partial charge in [0.1, 0.15) is 0 Å². The first-order valence-corrected chi connectivity index (χ1v) is 4.64. The molecule has 0 saturated heterocycles. The molecule has 0 spiro atoms. The van der Waals surface area contributed by atoms with E-state index in [0.29, 0.717) is 17.7 Å². The lowest BCUT2D eigenvalue weighted by Crippen LogP contribution is -2.12. The van der Waals surface area contributed by atoms with Gasteiger partial charge in [0, 0.05) is 11.3 Å². The Morgan fingerprint density at radius 3 is 2.79 bits per heavy atom. The third-order valence-corrected chi connectivity index (χ3v) is 2.72. The van der Waals surface area contributed by atoms with E-state index in [1.165, 1.54) is 0 Å². The molecule has 1 N–H and O–H groups in total. The molecule has 1 heterocycles. The maximum absolute atomic E-state index is 12.5. The summed E-state index contributed by atoms with van der Waals surface area (Å²) in [5.41, 5.74) is 0.318. The van der Waals surface area contributed by atoms with Crippen LogP contribution in [0.3, 0.4) is 0 Å². The van der Waals surface area contributed by atoms with E-state index >= 15 is 0 Å². The molecule has 0 bridgehead atoms. The van der Waals surface area contributed by atoms with Crippen molar-refractivity contribution in [3.8, 4) is 0 Å². The van der Waals surface area contributed by atoms with Gasteiger partial charge in [-0.15, -0.1) is 0 Å². The summed E-state index contributed by atoms with van der Waals surface area (Å²) in [4.78, 5) is 0. The maximum atomic E-state index is 12.5. The van der Waals surface area contributed by atoms with Gasteiger partial charge in [0.25, 0.3) is 0 Å². The second-order valence-electron chi connectivity index (χ2n) is 3.76. The zero-order valence-corrected chi connectivity index (χ0v) is 7.78. The zero-order valence-electron chi connectivity index (χ0n) is 7.78. The minimum Gasteiger partial charge on any atom is -0.281 e. The Bertz CT molecular complexity index is 340. The van der Waals surface area contributed by atoms with Crippen molar-refractivity contribution in [3.63, 3.8) is 0 Å². The van der Waals surface area contributed by atoms with Crippen molar-refractivity contribution >= 4 is 0 Å². The summed E-state index contributed by atoms with van der Waals surface area (Å²) >= 11 is 0. The summed E-state index contributed by atoms with van der Waals surface area (Å²) < 4.78 is 37.4. The number of nitrogens with zero attached hydrogens (tertiary/aromatic N) is 1. The predicted octanol–water partition coefficient (Wildman–Crippen LogP) is 2.87. The molecule has 1 aliphatic carbocycles. The normalized spacial score (nSPS) is 22.1. The molecule has 0 radical (unpaired) electrons. The van der Waals surface area contributed by atoms with Crippen molar-refractivity contribution < 1.29 is 13.2 Å². The molecule has 1 aromatic rings. The number of hydrogen-bond acceptors (Lipinski definition) is 1. The quantitative estimate of drug-likeness (QED) is 0.691. The SMILES string of the molecule is CC1CCCc2c(C(F)(F)F)n[nH]c21. The smallest absolute Gasteiger partial charge is 0.281 e. The van der Waals surface area contributed by atoms with Gasteiger partial charge >= 0.3 is 6.18 Å². The Kier molecular flexibility index (Phi) is 2.05. The lowest BCUT2D eigenvalue weighted by atomic mass is 9.88. The summed E-state index contributed by atoms with van der Waals surface area (Å²) in [6.45, 7) is 1.93. The van der Waals surface area contributed by atoms with Gasteiger partial charge in [-0.25, -0.2) is 0 Å². The highest BCUT2D eigenvalue weighted by Gasteiger charge is 2.39. The third-order valence-electron chi connectivity index (χ3n) is 2.72. The molecule has 0 amide bonds. The highest BCUT2D eigenvalue weighted by molar-refractivity contribution is 5.31. The van der Waals surface area contributed by atoms with E-state index in [4.69, 9.17) is 0 Å². The Morgan fingerprint density at radius 2 is 2.14 bits per heavy atom. The molecule has 1 atom stereocenters. The van der Waals surface area contributed by atoms with E-state index in [1.54, 1.807) is 0 Å². The van der Waals surface area contributed by atoms with Crippen molar-refractivity contribution in [1.29, 1.82) is 0 Å². The van der Waals surface area contributed by atoms with Crippen LogP contribution >= 0.6 is 0 Å². The van der Waals surface area contributed by atoms with Crippen LogP contribution in [0.25, 0.3) is 0 Å². The predicted molar refractivity (Wildman–Crippen MR) is 44.9 cm³/mol.